The summed E-state index contributed by atoms with van der Waals surface area (Å²) in [6.45, 7) is 11.1. The molecule has 4 nitrogen and oxygen atoms in total. The summed E-state index contributed by atoms with van der Waals surface area (Å²) < 4.78 is 17.0. The quantitative estimate of drug-likeness (QED) is 0.787. The second kappa shape index (κ2) is 5.34. The van der Waals surface area contributed by atoms with Crippen molar-refractivity contribution >= 4 is 8.60 Å². The molecule has 18 heavy (non-hydrogen) atoms. The molecular weight excluding hydrogens is 251 g/mol. The molecule has 1 saturated carbocycles. The van der Waals surface area contributed by atoms with Gasteiger partial charge in [0.1, 0.15) is 0 Å². The lowest BCUT2D eigenvalue weighted by Crippen LogP contribution is -2.37. The molecular formula is C13H25O4P. The fraction of sp³-hybridized carbons (Fsp3) is 1.00. The van der Waals surface area contributed by atoms with E-state index in [2.05, 4.69) is 20.8 Å². The number of hydrogen-bond acceptors (Lipinski definition) is 4. The van der Waals surface area contributed by atoms with Gasteiger partial charge < -0.3 is 18.7 Å². The van der Waals surface area contributed by atoms with Crippen molar-refractivity contribution < 1.29 is 18.7 Å². The van der Waals surface area contributed by atoms with E-state index >= 15 is 0 Å². The van der Waals surface area contributed by atoms with Gasteiger partial charge in [0.2, 0.25) is 0 Å². The Kier molecular flexibility index (Phi) is 4.35. The van der Waals surface area contributed by atoms with Crippen LogP contribution in [0.4, 0.5) is 0 Å². The van der Waals surface area contributed by atoms with Crippen molar-refractivity contribution in [1.82, 2.24) is 0 Å². The Balaban J connectivity index is 2.00. The van der Waals surface area contributed by atoms with Crippen molar-refractivity contribution in [3.63, 3.8) is 0 Å². The molecule has 1 aliphatic heterocycles. The molecule has 0 aromatic rings. The van der Waals surface area contributed by atoms with Crippen LogP contribution in [-0.2, 0) is 13.6 Å². The Hall–Kier alpha value is 0.270. The molecule has 0 spiro atoms. The molecule has 1 aliphatic carbocycles. The van der Waals surface area contributed by atoms with E-state index in [1.807, 2.05) is 13.8 Å². The second-order valence-electron chi connectivity index (χ2n) is 6.70. The first-order valence-corrected chi connectivity index (χ1v) is 7.83. The van der Waals surface area contributed by atoms with Crippen molar-refractivity contribution in [3.05, 3.63) is 0 Å². The van der Waals surface area contributed by atoms with E-state index in [9.17, 15) is 5.11 Å². The highest BCUT2D eigenvalue weighted by molar-refractivity contribution is 7.41. The minimum Gasteiger partial charge on any atom is -0.390 e. The summed E-state index contributed by atoms with van der Waals surface area (Å²) in [5.74, 6) is 0.573. The highest BCUT2D eigenvalue weighted by Crippen LogP contribution is 2.54. The van der Waals surface area contributed by atoms with Crippen LogP contribution in [0.1, 0.15) is 41.0 Å². The summed E-state index contributed by atoms with van der Waals surface area (Å²) in [6, 6.07) is 0. The molecule has 1 saturated heterocycles. The van der Waals surface area contributed by atoms with Crippen LogP contribution in [-0.4, -0.2) is 30.0 Å². The van der Waals surface area contributed by atoms with Crippen molar-refractivity contribution in [1.29, 1.82) is 0 Å². The molecule has 1 heterocycles. The normalized spacial score (nSPS) is 41.2. The van der Waals surface area contributed by atoms with Gasteiger partial charge in [0, 0.05) is 5.92 Å². The zero-order chi connectivity index (χ0) is 13.5. The summed E-state index contributed by atoms with van der Waals surface area (Å²) in [5, 5.41) is 10.4. The summed E-state index contributed by atoms with van der Waals surface area (Å²) in [6.07, 6.45) is 0.539. The van der Waals surface area contributed by atoms with E-state index in [-0.39, 0.29) is 23.5 Å². The standard InChI is InChI=1S/C13H25O4P/c1-8(2)16-18-15-7-9-6-10(13(3,4)5)11(14)12(9)17-18/h8-12,14H,6-7H2,1-5H3. The second-order valence-corrected chi connectivity index (χ2v) is 7.83. The van der Waals surface area contributed by atoms with Gasteiger partial charge in [-0.3, -0.25) is 0 Å². The van der Waals surface area contributed by atoms with E-state index < -0.39 is 14.7 Å². The summed E-state index contributed by atoms with van der Waals surface area (Å²) in [7, 11) is -1.28. The minimum absolute atomic E-state index is 0.0876. The zero-order valence-electron chi connectivity index (χ0n) is 11.9. The number of aliphatic hydroxyl groups is 1. The number of rotatable bonds is 2. The van der Waals surface area contributed by atoms with E-state index in [1.165, 1.54) is 0 Å². The van der Waals surface area contributed by atoms with Crippen molar-refractivity contribution in [2.45, 2.75) is 59.4 Å². The molecule has 5 unspecified atom stereocenters. The Labute approximate surface area is 111 Å². The van der Waals surface area contributed by atoms with Crippen LogP contribution >= 0.6 is 8.60 Å². The molecule has 0 amide bonds. The SMILES string of the molecule is CC(C)OP1OCC2CC(C(C)(C)C)C(O)C2O1. The minimum atomic E-state index is -1.28. The zero-order valence-corrected chi connectivity index (χ0v) is 12.8. The fourth-order valence-corrected chi connectivity index (χ4v) is 4.12. The van der Waals surface area contributed by atoms with Crippen molar-refractivity contribution in [2.24, 2.45) is 17.3 Å². The molecule has 2 aliphatic rings. The lowest BCUT2D eigenvalue weighted by Gasteiger charge is -2.33. The topological polar surface area (TPSA) is 47.9 Å². The van der Waals surface area contributed by atoms with Gasteiger partial charge in [-0.25, -0.2) is 0 Å². The van der Waals surface area contributed by atoms with Crippen molar-refractivity contribution in [3.8, 4) is 0 Å². The number of aliphatic hydroxyl groups excluding tert-OH is 1. The van der Waals surface area contributed by atoms with Gasteiger partial charge in [-0.15, -0.1) is 0 Å². The highest BCUT2D eigenvalue weighted by atomic mass is 31.2. The van der Waals surface area contributed by atoms with Gasteiger partial charge in [0.05, 0.1) is 24.9 Å². The average molecular weight is 276 g/mol. The number of hydrogen-bond donors (Lipinski definition) is 1. The third-order valence-electron chi connectivity index (χ3n) is 3.78. The largest absolute Gasteiger partial charge is 0.390 e. The van der Waals surface area contributed by atoms with E-state index in [4.69, 9.17) is 13.6 Å². The lowest BCUT2D eigenvalue weighted by atomic mass is 9.78. The van der Waals surface area contributed by atoms with Gasteiger partial charge in [0.25, 0.3) is 0 Å². The first-order valence-electron chi connectivity index (χ1n) is 6.73. The maximum absolute atomic E-state index is 10.4. The molecule has 0 aromatic carbocycles. The summed E-state index contributed by atoms with van der Waals surface area (Å²) >= 11 is 0. The van der Waals surface area contributed by atoms with Gasteiger partial charge >= 0.3 is 8.60 Å². The van der Waals surface area contributed by atoms with Crippen LogP contribution in [0.2, 0.25) is 0 Å². The van der Waals surface area contributed by atoms with Crippen LogP contribution < -0.4 is 0 Å². The molecule has 0 bridgehead atoms. The van der Waals surface area contributed by atoms with Gasteiger partial charge in [-0.1, -0.05) is 20.8 Å². The Morgan fingerprint density at radius 2 is 2.00 bits per heavy atom. The first kappa shape index (κ1) is 14.7. The van der Waals surface area contributed by atoms with Gasteiger partial charge in [0.15, 0.2) is 0 Å². The molecule has 5 atom stereocenters. The van der Waals surface area contributed by atoms with E-state index in [0.717, 1.165) is 6.42 Å². The van der Waals surface area contributed by atoms with Crippen LogP contribution in [0.25, 0.3) is 0 Å². The lowest BCUT2D eigenvalue weighted by molar-refractivity contribution is -0.0428. The summed E-state index contributed by atoms with van der Waals surface area (Å²) in [4.78, 5) is 0. The van der Waals surface area contributed by atoms with E-state index in [1.54, 1.807) is 0 Å². The average Bonchev–Trinajstić information content (AvgIpc) is 2.55. The molecule has 106 valence electrons. The maximum Gasteiger partial charge on any atom is 0.333 e. The highest BCUT2D eigenvalue weighted by Gasteiger charge is 2.51. The monoisotopic (exact) mass is 276 g/mol. The molecule has 2 rings (SSSR count). The molecule has 2 fully saturated rings. The van der Waals surface area contributed by atoms with E-state index in [0.29, 0.717) is 12.5 Å². The smallest absolute Gasteiger partial charge is 0.333 e. The molecule has 0 radical (unpaired) electrons. The van der Waals surface area contributed by atoms with Gasteiger partial charge in [-0.05, 0) is 31.6 Å². The molecule has 0 aromatic heterocycles. The third-order valence-corrected chi connectivity index (χ3v) is 5.15. The van der Waals surface area contributed by atoms with Gasteiger partial charge in [-0.2, -0.15) is 0 Å². The van der Waals surface area contributed by atoms with Crippen LogP contribution in [0.3, 0.4) is 0 Å². The maximum atomic E-state index is 10.4. The molecule has 1 N–H and O–H groups in total. The van der Waals surface area contributed by atoms with Crippen LogP contribution in [0, 0.1) is 17.3 Å². The fourth-order valence-electron chi connectivity index (χ4n) is 2.80. The van der Waals surface area contributed by atoms with Crippen molar-refractivity contribution in [2.75, 3.05) is 6.61 Å². The predicted molar refractivity (Wildman–Crippen MR) is 71.0 cm³/mol. The third kappa shape index (κ3) is 3.05. The Morgan fingerprint density at radius 3 is 2.56 bits per heavy atom. The predicted octanol–water partition coefficient (Wildman–Crippen LogP) is 3.10. The Morgan fingerprint density at radius 1 is 1.33 bits per heavy atom. The molecule has 5 heteroatoms. The number of fused-ring (bicyclic) bond motifs is 1. The Bertz CT molecular complexity index is 289. The van der Waals surface area contributed by atoms with Crippen LogP contribution in [0.15, 0.2) is 0 Å². The summed E-state index contributed by atoms with van der Waals surface area (Å²) in [5.41, 5.74) is 0.0990. The first-order chi connectivity index (χ1) is 8.29. The van der Waals surface area contributed by atoms with Crippen LogP contribution in [0.5, 0.6) is 0 Å².